The molecule has 0 aromatic rings. The third-order valence-corrected chi connectivity index (χ3v) is 3.18. The minimum absolute atomic E-state index is 0.0600. The van der Waals surface area contributed by atoms with Gasteiger partial charge in [0.15, 0.2) is 12.2 Å². The predicted molar refractivity (Wildman–Crippen MR) is 86.3 cm³/mol. The number of rotatable bonds is 8. The monoisotopic (exact) mass is 312 g/mol. The fourth-order valence-electron chi connectivity index (χ4n) is 0.926. The highest BCUT2D eigenvalue weighted by Gasteiger charge is 2.29. The molecule has 1 atom stereocenters. The predicted octanol–water partition coefficient (Wildman–Crippen LogP) is 2.81. The minimum atomic E-state index is -0.912. The van der Waals surface area contributed by atoms with Gasteiger partial charge in [-0.3, -0.25) is 0 Å². The van der Waals surface area contributed by atoms with Crippen molar-refractivity contribution in [3.8, 4) is 0 Å². The summed E-state index contributed by atoms with van der Waals surface area (Å²) in [7, 11) is 0. The molecular formula is C14H24N4O4. The molecule has 0 aliphatic carbocycles. The summed E-state index contributed by atoms with van der Waals surface area (Å²) in [4.78, 5) is 10.7. The van der Waals surface area contributed by atoms with Crippen LogP contribution in [-0.4, -0.2) is 45.5 Å². The fourth-order valence-corrected chi connectivity index (χ4v) is 0.926. The molecule has 0 heterocycles. The van der Waals surface area contributed by atoms with E-state index in [1.165, 1.54) is 0 Å². The maximum Gasteiger partial charge on any atom is 0.191 e. The molecule has 0 radical (unpaired) electrons. The van der Waals surface area contributed by atoms with E-state index in [0.717, 1.165) is 0 Å². The van der Waals surface area contributed by atoms with E-state index in [9.17, 15) is 0 Å². The van der Waals surface area contributed by atoms with Crippen LogP contribution in [0.25, 0.3) is 0 Å². The maximum absolute atomic E-state index is 8.68. The Balaban J connectivity index is 4.96. The molecule has 2 N–H and O–H groups in total. The van der Waals surface area contributed by atoms with Crippen LogP contribution < -0.4 is 0 Å². The first kappa shape index (κ1) is 19.6. The van der Waals surface area contributed by atoms with Crippen molar-refractivity contribution in [3.63, 3.8) is 0 Å². The van der Waals surface area contributed by atoms with Gasteiger partial charge in [-0.1, -0.05) is 27.2 Å². The lowest BCUT2D eigenvalue weighted by molar-refractivity contribution is -0.0605. The molecule has 0 amide bonds. The zero-order chi connectivity index (χ0) is 17.3. The quantitative estimate of drug-likeness (QED) is 0.311. The molecule has 124 valence electrons. The second-order valence-electron chi connectivity index (χ2n) is 5.10. The van der Waals surface area contributed by atoms with Gasteiger partial charge >= 0.3 is 0 Å². The molecule has 0 fully saturated rings. The second-order valence-corrected chi connectivity index (χ2v) is 5.10. The first-order valence-electron chi connectivity index (χ1n) is 6.61. The highest BCUT2D eigenvalue weighted by Crippen LogP contribution is 2.21. The Kier molecular flexibility index (Phi) is 7.85. The van der Waals surface area contributed by atoms with Crippen LogP contribution in [0.2, 0.25) is 0 Å². The van der Waals surface area contributed by atoms with Gasteiger partial charge in [-0.25, -0.2) is 0 Å². The smallest absolute Gasteiger partial charge is 0.191 e. The molecule has 0 aromatic heterocycles. The number of oxime groups is 4. The average Bonchev–Trinajstić information content (AvgIpc) is 2.50. The molecule has 0 aliphatic heterocycles. The molecular weight excluding hydrogens is 288 g/mol. The van der Waals surface area contributed by atoms with Gasteiger partial charge in [0, 0.05) is 0 Å². The summed E-state index contributed by atoms with van der Waals surface area (Å²) < 4.78 is 0. The van der Waals surface area contributed by atoms with E-state index < -0.39 is 5.60 Å². The van der Waals surface area contributed by atoms with E-state index >= 15 is 0 Å². The van der Waals surface area contributed by atoms with Crippen LogP contribution in [0.1, 0.15) is 41.5 Å². The molecule has 0 saturated heterocycles. The average molecular weight is 312 g/mol. The van der Waals surface area contributed by atoms with Gasteiger partial charge < -0.3 is 20.1 Å². The summed E-state index contributed by atoms with van der Waals surface area (Å²) in [5.41, 5.74) is 1.33. The number of hydrogen-bond acceptors (Lipinski definition) is 8. The summed E-state index contributed by atoms with van der Waals surface area (Å²) in [6.07, 6.45) is 0. The number of hydrogen-bond donors (Lipinski definition) is 2. The normalized spacial score (nSPS) is 17.0. The van der Waals surface area contributed by atoms with Crippen molar-refractivity contribution in [1.82, 2.24) is 0 Å². The fraction of sp³-hybridized carbons (Fsp3) is 0.571. The van der Waals surface area contributed by atoms with E-state index in [1.54, 1.807) is 41.5 Å². The van der Waals surface area contributed by atoms with Gasteiger partial charge in [0.25, 0.3) is 0 Å². The van der Waals surface area contributed by atoms with E-state index in [4.69, 9.17) is 20.1 Å². The molecule has 8 nitrogen and oxygen atoms in total. The van der Waals surface area contributed by atoms with Crippen molar-refractivity contribution in [2.45, 2.75) is 47.1 Å². The van der Waals surface area contributed by atoms with Crippen molar-refractivity contribution in [2.75, 3.05) is 6.61 Å². The lowest BCUT2D eigenvalue weighted by Gasteiger charge is -2.26. The van der Waals surface area contributed by atoms with Crippen molar-refractivity contribution in [3.05, 3.63) is 12.2 Å². The third kappa shape index (κ3) is 5.94. The van der Waals surface area contributed by atoms with Gasteiger partial charge in [0.1, 0.15) is 22.8 Å². The largest absolute Gasteiger partial charge is 0.411 e. The SMILES string of the molecule is C=C(C)[C@](C)(CO/N=C(C)/C(C)=N/O)O/N=C(C)/C(C)=N/O. The molecule has 8 heteroatoms. The first-order chi connectivity index (χ1) is 10.2. The Morgan fingerprint density at radius 2 is 1.36 bits per heavy atom. The number of nitrogens with zero attached hydrogens (tertiary/aromatic N) is 4. The molecule has 0 aromatic carbocycles. The van der Waals surface area contributed by atoms with Crippen LogP contribution in [0.15, 0.2) is 32.8 Å². The van der Waals surface area contributed by atoms with E-state index in [2.05, 4.69) is 27.2 Å². The van der Waals surface area contributed by atoms with Crippen LogP contribution in [0.4, 0.5) is 0 Å². The van der Waals surface area contributed by atoms with Crippen LogP contribution in [-0.2, 0) is 9.68 Å². The summed E-state index contributed by atoms with van der Waals surface area (Å²) in [5.74, 6) is 0. The van der Waals surface area contributed by atoms with Gasteiger partial charge in [-0.15, -0.1) is 0 Å². The molecule has 22 heavy (non-hydrogen) atoms. The third-order valence-electron chi connectivity index (χ3n) is 3.18. The molecule has 0 unspecified atom stereocenters. The van der Waals surface area contributed by atoms with Crippen molar-refractivity contribution in [2.24, 2.45) is 20.6 Å². The highest BCUT2D eigenvalue weighted by molar-refractivity contribution is 6.40. The van der Waals surface area contributed by atoms with E-state index in [1.807, 2.05) is 0 Å². The van der Waals surface area contributed by atoms with Gasteiger partial charge in [-0.05, 0) is 47.1 Å². The molecule has 0 rings (SSSR count). The van der Waals surface area contributed by atoms with Crippen molar-refractivity contribution >= 4 is 22.8 Å². The highest BCUT2D eigenvalue weighted by atomic mass is 16.7. The zero-order valence-electron chi connectivity index (χ0n) is 13.9. The second kappa shape index (κ2) is 8.81. The summed E-state index contributed by atoms with van der Waals surface area (Å²) in [6, 6.07) is 0. The van der Waals surface area contributed by atoms with E-state index in [-0.39, 0.29) is 6.61 Å². The topological polar surface area (TPSA) is 108 Å². The van der Waals surface area contributed by atoms with Gasteiger partial charge in [0.2, 0.25) is 0 Å². The minimum Gasteiger partial charge on any atom is -0.411 e. The van der Waals surface area contributed by atoms with Crippen LogP contribution in [0.5, 0.6) is 0 Å². The molecule has 0 bridgehead atoms. The molecule has 0 spiro atoms. The molecule has 0 saturated carbocycles. The maximum atomic E-state index is 8.68. The Morgan fingerprint density at radius 1 is 0.909 bits per heavy atom. The lowest BCUT2D eigenvalue weighted by Crippen LogP contribution is -2.34. The van der Waals surface area contributed by atoms with Gasteiger partial charge in [-0.2, -0.15) is 0 Å². The lowest BCUT2D eigenvalue weighted by atomic mass is 10.0. The Bertz CT molecular complexity index is 523. The summed E-state index contributed by atoms with van der Waals surface area (Å²) >= 11 is 0. The molecule has 0 aliphatic rings. The Morgan fingerprint density at radius 3 is 1.77 bits per heavy atom. The van der Waals surface area contributed by atoms with Crippen LogP contribution >= 0.6 is 0 Å². The van der Waals surface area contributed by atoms with E-state index in [0.29, 0.717) is 28.4 Å². The summed E-state index contributed by atoms with van der Waals surface area (Å²) in [6.45, 7) is 13.9. The van der Waals surface area contributed by atoms with Crippen LogP contribution in [0, 0.1) is 0 Å². The van der Waals surface area contributed by atoms with Crippen LogP contribution in [0.3, 0.4) is 0 Å². The standard InChI is InChI=1S/C14H24N4O4/c1-9(2)14(7,22-18-13(6)11(4)16-20)8-21-17-12(5)10(3)15-19/h19-20H,1,8H2,2-7H3/b15-10+,16-11+,17-12+,18-13+/t14-/m0/s1. The van der Waals surface area contributed by atoms with Gasteiger partial charge in [0.05, 0.1) is 0 Å². The van der Waals surface area contributed by atoms with Crippen molar-refractivity contribution < 1.29 is 20.1 Å². The zero-order valence-corrected chi connectivity index (χ0v) is 13.9. The summed E-state index contributed by atoms with van der Waals surface area (Å²) in [5, 5.41) is 31.1. The Hall–Kier alpha value is -2.38. The Labute approximate surface area is 130 Å². The first-order valence-corrected chi connectivity index (χ1v) is 6.61. The van der Waals surface area contributed by atoms with Crippen molar-refractivity contribution in [1.29, 1.82) is 0 Å².